The van der Waals surface area contributed by atoms with Crippen molar-refractivity contribution >= 4 is 33.2 Å². The van der Waals surface area contributed by atoms with Gasteiger partial charge in [0.05, 0.1) is 0 Å². The molecule has 0 amide bonds. The van der Waals surface area contributed by atoms with Crippen molar-refractivity contribution in [2.45, 2.75) is 19.2 Å². The van der Waals surface area contributed by atoms with Crippen molar-refractivity contribution in [3.8, 4) is 0 Å². The van der Waals surface area contributed by atoms with Crippen molar-refractivity contribution in [2.75, 3.05) is 38.6 Å². The Balaban J connectivity index is 2.97. The third-order valence-electron chi connectivity index (χ3n) is 2.93. The van der Waals surface area contributed by atoms with Gasteiger partial charge in [-0.1, -0.05) is 47.4 Å². The van der Waals surface area contributed by atoms with Gasteiger partial charge >= 0.3 is 0 Å². The minimum Gasteiger partial charge on any atom is -0.370 e. The molecule has 108 valence electrons. The minimum atomic E-state index is 0.629. The quantitative estimate of drug-likeness (QED) is 0.680. The highest BCUT2D eigenvalue weighted by molar-refractivity contribution is 9.08. The van der Waals surface area contributed by atoms with Crippen LogP contribution in [0.1, 0.15) is 19.4 Å². The molecule has 0 N–H and O–H groups in total. The number of alkyl halides is 1. The fourth-order valence-electron chi connectivity index (χ4n) is 2.02. The van der Waals surface area contributed by atoms with E-state index >= 15 is 0 Å². The third-order valence-corrected chi connectivity index (χ3v) is 3.77. The molecule has 0 aliphatic rings. The van der Waals surface area contributed by atoms with E-state index in [1.54, 1.807) is 0 Å². The average Bonchev–Trinajstić information content (AvgIpc) is 2.33. The maximum atomic E-state index is 6.16. The lowest BCUT2D eigenvalue weighted by molar-refractivity contribution is 0.409. The highest BCUT2D eigenvalue weighted by atomic mass is 79.9. The number of benzene rings is 1. The van der Waals surface area contributed by atoms with Gasteiger partial charge in [-0.3, -0.25) is 0 Å². The van der Waals surface area contributed by atoms with Crippen molar-refractivity contribution < 1.29 is 0 Å². The molecule has 0 radical (unpaired) electrons. The summed E-state index contributed by atoms with van der Waals surface area (Å²) in [6.07, 6.45) is 0. The number of likely N-dealkylation sites (N-methyl/N-ethyl adjacent to an activating group) is 1. The zero-order chi connectivity index (χ0) is 14.4. The van der Waals surface area contributed by atoms with Crippen LogP contribution in [0.15, 0.2) is 18.2 Å². The number of anilines is 1. The van der Waals surface area contributed by atoms with Crippen molar-refractivity contribution in [1.82, 2.24) is 4.90 Å². The zero-order valence-electron chi connectivity index (χ0n) is 12.3. The van der Waals surface area contributed by atoms with Crippen molar-refractivity contribution in [2.24, 2.45) is 5.92 Å². The summed E-state index contributed by atoms with van der Waals surface area (Å²) in [6.45, 7) is 7.61. The fourth-order valence-corrected chi connectivity index (χ4v) is 2.66. The smallest absolute Gasteiger partial charge is 0.0426 e. The lowest BCUT2D eigenvalue weighted by Gasteiger charge is -2.30. The summed E-state index contributed by atoms with van der Waals surface area (Å²) >= 11 is 9.73. The van der Waals surface area contributed by atoms with Gasteiger partial charge in [0.1, 0.15) is 0 Å². The van der Waals surface area contributed by atoms with E-state index < -0.39 is 0 Å². The van der Waals surface area contributed by atoms with Crippen LogP contribution in [0.5, 0.6) is 0 Å². The van der Waals surface area contributed by atoms with E-state index in [0.29, 0.717) is 5.92 Å². The van der Waals surface area contributed by atoms with Crippen LogP contribution in [0.3, 0.4) is 0 Å². The Morgan fingerprint density at radius 3 is 2.42 bits per heavy atom. The van der Waals surface area contributed by atoms with Crippen molar-refractivity contribution in [3.05, 3.63) is 28.8 Å². The summed E-state index contributed by atoms with van der Waals surface area (Å²) in [5.41, 5.74) is 2.55. The molecule has 0 heterocycles. The van der Waals surface area contributed by atoms with E-state index in [2.05, 4.69) is 65.8 Å². The molecule has 1 aromatic rings. The van der Waals surface area contributed by atoms with E-state index in [1.165, 1.54) is 11.3 Å². The predicted octanol–water partition coefficient (Wildman–Crippen LogP) is 4.26. The molecule has 2 nitrogen and oxygen atoms in total. The zero-order valence-corrected chi connectivity index (χ0v) is 14.6. The second kappa shape index (κ2) is 8.13. The van der Waals surface area contributed by atoms with Crippen LogP contribution >= 0.6 is 27.5 Å². The Hall–Kier alpha value is -0.250. The summed E-state index contributed by atoms with van der Waals surface area (Å²) in [7, 11) is 4.22. The van der Waals surface area contributed by atoms with Gasteiger partial charge < -0.3 is 9.80 Å². The Bertz CT molecular complexity index is 394. The molecule has 0 saturated carbocycles. The topological polar surface area (TPSA) is 6.48 Å². The first kappa shape index (κ1) is 16.8. The average molecular weight is 348 g/mol. The molecule has 0 aromatic heterocycles. The van der Waals surface area contributed by atoms with E-state index in [9.17, 15) is 0 Å². The number of hydrogen-bond donors (Lipinski definition) is 0. The first-order valence-electron chi connectivity index (χ1n) is 6.68. The van der Waals surface area contributed by atoms with E-state index in [1.807, 2.05) is 6.07 Å². The number of halogens is 2. The molecule has 1 rings (SSSR count). The Kier molecular flexibility index (Phi) is 7.19. The molecule has 19 heavy (non-hydrogen) atoms. The molecule has 1 aromatic carbocycles. The Morgan fingerprint density at radius 1 is 1.21 bits per heavy atom. The van der Waals surface area contributed by atoms with Gasteiger partial charge in [0, 0.05) is 35.7 Å². The van der Waals surface area contributed by atoms with Gasteiger partial charge in [0.15, 0.2) is 0 Å². The molecule has 4 heteroatoms. The molecule has 0 aliphatic carbocycles. The first-order chi connectivity index (χ1) is 8.93. The fraction of sp³-hybridized carbons (Fsp3) is 0.600. The molecule has 0 fully saturated rings. The maximum absolute atomic E-state index is 6.16. The highest BCUT2D eigenvalue weighted by Gasteiger charge is 2.13. The standard InChI is InChI=1S/C15H24BrClN2/c1-12(2)11-19(8-7-18(3)4)15-9-14(17)6-5-13(15)10-16/h5-6,9,12H,7-8,10-11H2,1-4H3. The van der Waals surface area contributed by atoms with Crippen molar-refractivity contribution in [3.63, 3.8) is 0 Å². The highest BCUT2D eigenvalue weighted by Crippen LogP contribution is 2.27. The first-order valence-corrected chi connectivity index (χ1v) is 8.18. The van der Waals surface area contributed by atoms with Gasteiger partial charge in [0.2, 0.25) is 0 Å². The van der Waals surface area contributed by atoms with Crippen LogP contribution in [-0.2, 0) is 5.33 Å². The molecule has 0 unspecified atom stereocenters. The maximum Gasteiger partial charge on any atom is 0.0426 e. The molecule has 0 atom stereocenters. The molecule has 0 aliphatic heterocycles. The van der Waals surface area contributed by atoms with E-state index in [4.69, 9.17) is 11.6 Å². The lowest BCUT2D eigenvalue weighted by Crippen LogP contribution is -2.35. The van der Waals surface area contributed by atoms with Gasteiger partial charge in [-0.15, -0.1) is 0 Å². The number of nitrogens with zero attached hydrogens (tertiary/aromatic N) is 2. The molecular formula is C15H24BrClN2. The van der Waals surface area contributed by atoms with Crippen molar-refractivity contribution in [1.29, 1.82) is 0 Å². The summed E-state index contributed by atoms with van der Waals surface area (Å²) in [6, 6.07) is 6.15. The molecule has 0 bridgehead atoms. The number of hydrogen-bond acceptors (Lipinski definition) is 2. The third kappa shape index (κ3) is 5.72. The van der Waals surface area contributed by atoms with Gasteiger partial charge in [-0.2, -0.15) is 0 Å². The summed E-state index contributed by atoms with van der Waals surface area (Å²) in [4.78, 5) is 4.65. The van der Waals surface area contributed by atoms with Crippen LogP contribution in [0.2, 0.25) is 5.02 Å². The summed E-state index contributed by atoms with van der Waals surface area (Å²) < 4.78 is 0. The molecular weight excluding hydrogens is 324 g/mol. The normalized spacial score (nSPS) is 11.4. The number of rotatable bonds is 7. The molecule has 0 spiro atoms. The summed E-state index contributed by atoms with van der Waals surface area (Å²) in [5, 5.41) is 1.66. The van der Waals surface area contributed by atoms with Crippen LogP contribution in [0.4, 0.5) is 5.69 Å². The minimum absolute atomic E-state index is 0.629. The van der Waals surface area contributed by atoms with E-state index in [0.717, 1.165) is 30.0 Å². The SMILES string of the molecule is CC(C)CN(CCN(C)C)c1cc(Cl)ccc1CBr. The van der Waals surface area contributed by atoms with Crippen LogP contribution < -0.4 is 4.90 Å². The predicted molar refractivity (Wildman–Crippen MR) is 89.7 cm³/mol. The van der Waals surface area contributed by atoms with Gasteiger partial charge in [-0.05, 0) is 37.7 Å². The van der Waals surface area contributed by atoms with Crippen LogP contribution in [-0.4, -0.2) is 38.6 Å². The van der Waals surface area contributed by atoms with Gasteiger partial charge in [-0.25, -0.2) is 0 Å². The molecule has 0 saturated heterocycles. The van der Waals surface area contributed by atoms with Crippen LogP contribution in [0.25, 0.3) is 0 Å². The second-order valence-corrected chi connectivity index (χ2v) is 6.55. The monoisotopic (exact) mass is 346 g/mol. The van der Waals surface area contributed by atoms with Crippen LogP contribution in [0, 0.1) is 5.92 Å². The second-order valence-electron chi connectivity index (χ2n) is 5.55. The lowest BCUT2D eigenvalue weighted by atomic mass is 10.1. The Morgan fingerprint density at radius 2 is 1.89 bits per heavy atom. The van der Waals surface area contributed by atoms with Gasteiger partial charge in [0.25, 0.3) is 0 Å². The largest absolute Gasteiger partial charge is 0.370 e. The summed E-state index contributed by atoms with van der Waals surface area (Å²) in [5.74, 6) is 0.629. The Labute approximate surface area is 130 Å². The van der Waals surface area contributed by atoms with E-state index in [-0.39, 0.29) is 0 Å².